The van der Waals surface area contributed by atoms with E-state index in [4.69, 9.17) is 10.5 Å². The lowest BCUT2D eigenvalue weighted by Gasteiger charge is -2.27. The van der Waals surface area contributed by atoms with Gasteiger partial charge in [0, 0.05) is 36.8 Å². The number of hydrogen-bond acceptors (Lipinski definition) is 3. The van der Waals surface area contributed by atoms with Gasteiger partial charge in [-0.05, 0) is 24.6 Å². The van der Waals surface area contributed by atoms with Gasteiger partial charge in [-0.15, -0.1) is 0 Å². The van der Waals surface area contributed by atoms with Crippen LogP contribution in [0.2, 0.25) is 0 Å². The van der Waals surface area contributed by atoms with Crippen LogP contribution in [0.3, 0.4) is 0 Å². The van der Waals surface area contributed by atoms with E-state index in [-0.39, 0.29) is 18.0 Å². The van der Waals surface area contributed by atoms with E-state index in [1.165, 1.54) is 6.07 Å². The molecule has 0 amide bonds. The molecular formula is C13H18BrFN2O. The van der Waals surface area contributed by atoms with Crippen LogP contribution in [0, 0.1) is 5.82 Å². The third-order valence-electron chi connectivity index (χ3n) is 3.49. The molecule has 1 heterocycles. The predicted molar refractivity (Wildman–Crippen MR) is 72.9 cm³/mol. The number of nitrogens with zero attached hydrogens (tertiary/aromatic N) is 1. The van der Waals surface area contributed by atoms with Crippen molar-refractivity contribution in [2.75, 3.05) is 26.7 Å². The minimum Gasteiger partial charge on any atom is -0.380 e. The number of methoxy groups -OCH3 is 1. The van der Waals surface area contributed by atoms with Gasteiger partial charge in [-0.1, -0.05) is 15.9 Å². The highest BCUT2D eigenvalue weighted by molar-refractivity contribution is 9.10. The molecule has 0 aliphatic carbocycles. The summed E-state index contributed by atoms with van der Waals surface area (Å²) in [6, 6.07) is 4.91. The summed E-state index contributed by atoms with van der Waals surface area (Å²) in [6.45, 7) is 2.11. The molecule has 100 valence electrons. The minimum absolute atomic E-state index is 0.0809. The van der Waals surface area contributed by atoms with Gasteiger partial charge in [-0.3, -0.25) is 4.90 Å². The monoisotopic (exact) mass is 316 g/mol. The molecule has 1 saturated heterocycles. The van der Waals surface area contributed by atoms with Crippen molar-refractivity contribution in [3.8, 4) is 0 Å². The van der Waals surface area contributed by atoms with Gasteiger partial charge in [0.2, 0.25) is 0 Å². The summed E-state index contributed by atoms with van der Waals surface area (Å²) < 4.78 is 20.1. The fourth-order valence-electron chi connectivity index (χ4n) is 2.47. The van der Waals surface area contributed by atoms with Crippen molar-refractivity contribution in [3.05, 3.63) is 34.1 Å². The fraction of sp³-hybridized carbons (Fsp3) is 0.538. The van der Waals surface area contributed by atoms with E-state index >= 15 is 0 Å². The van der Waals surface area contributed by atoms with Gasteiger partial charge in [-0.25, -0.2) is 4.39 Å². The topological polar surface area (TPSA) is 38.5 Å². The molecule has 2 atom stereocenters. The highest BCUT2D eigenvalue weighted by Crippen LogP contribution is 2.29. The Bertz CT molecular complexity index is 416. The molecule has 18 heavy (non-hydrogen) atoms. The molecule has 2 rings (SSSR count). The van der Waals surface area contributed by atoms with E-state index in [1.54, 1.807) is 13.2 Å². The first-order chi connectivity index (χ1) is 8.65. The number of benzene rings is 1. The second-order valence-electron chi connectivity index (χ2n) is 4.56. The second kappa shape index (κ2) is 6.10. The molecule has 3 nitrogen and oxygen atoms in total. The van der Waals surface area contributed by atoms with Gasteiger partial charge in [0.25, 0.3) is 0 Å². The number of ether oxygens (including phenoxy) is 1. The van der Waals surface area contributed by atoms with Gasteiger partial charge >= 0.3 is 0 Å². The Morgan fingerprint density at radius 3 is 3.00 bits per heavy atom. The Kier molecular flexibility index (Phi) is 4.72. The fourth-order valence-corrected chi connectivity index (χ4v) is 2.85. The molecule has 1 aromatic rings. The molecule has 2 unspecified atom stereocenters. The minimum atomic E-state index is -0.200. The zero-order chi connectivity index (χ0) is 13.1. The van der Waals surface area contributed by atoms with Crippen LogP contribution in [0.5, 0.6) is 0 Å². The molecule has 0 saturated carbocycles. The Morgan fingerprint density at radius 2 is 2.39 bits per heavy atom. The Labute approximate surface area is 115 Å². The van der Waals surface area contributed by atoms with Gasteiger partial charge in [0.15, 0.2) is 0 Å². The van der Waals surface area contributed by atoms with Crippen molar-refractivity contribution in [3.63, 3.8) is 0 Å². The zero-order valence-corrected chi connectivity index (χ0v) is 12.0. The maximum atomic E-state index is 13.9. The third-order valence-corrected chi connectivity index (χ3v) is 3.98. The van der Waals surface area contributed by atoms with E-state index in [1.807, 2.05) is 6.07 Å². The molecule has 0 spiro atoms. The smallest absolute Gasteiger partial charge is 0.128 e. The van der Waals surface area contributed by atoms with Crippen LogP contribution < -0.4 is 5.73 Å². The molecular weight excluding hydrogens is 299 g/mol. The van der Waals surface area contributed by atoms with Crippen LogP contribution in [0.25, 0.3) is 0 Å². The van der Waals surface area contributed by atoms with Crippen LogP contribution in [0.4, 0.5) is 4.39 Å². The van der Waals surface area contributed by atoms with Crippen LogP contribution >= 0.6 is 15.9 Å². The van der Waals surface area contributed by atoms with Gasteiger partial charge < -0.3 is 10.5 Å². The molecule has 1 aromatic carbocycles. The molecule has 1 aliphatic heterocycles. The number of rotatable bonds is 4. The van der Waals surface area contributed by atoms with Crippen molar-refractivity contribution >= 4 is 15.9 Å². The van der Waals surface area contributed by atoms with Crippen LogP contribution in [0.15, 0.2) is 22.7 Å². The number of likely N-dealkylation sites (tertiary alicyclic amines) is 1. The van der Waals surface area contributed by atoms with Crippen molar-refractivity contribution in [2.24, 2.45) is 5.73 Å². The lowest BCUT2D eigenvalue weighted by Crippen LogP contribution is -2.33. The van der Waals surface area contributed by atoms with E-state index in [0.29, 0.717) is 12.1 Å². The molecule has 1 aliphatic rings. The average molecular weight is 317 g/mol. The van der Waals surface area contributed by atoms with Crippen LogP contribution in [-0.2, 0) is 4.74 Å². The number of halogens is 2. The van der Waals surface area contributed by atoms with Gasteiger partial charge in [0.1, 0.15) is 5.82 Å². The first-order valence-corrected chi connectivity index (χ1v) is 6.87. The first kappa shape index (κ1) is 13.9. The molecule has 2 N–H and O–H groups in total. The SMILES string of the molecule is COC1CCN(C(CN)c2cc(Br)ccc2F)C1. The lowest BCUT2D eigenvalue weighted by atomic mass is 10.1. The van der Waals surface area contributed by atoms with Crippen LogP contribution in [-0.4, -0.2) is 37.7 Å². The average Bonchev–Trinajstić information content (AvgIpc) is 2.83. The van der Waals surface area contributed by atoms with Crippen molar-refractivity contribution < 1.29 is 9.13 Å². The molecule has 5 heteroatoms. The molecule has 0 radical (unpaired) electrons. The van der Waals surface area contributed by atoms with E-state index in [0.717, 1.165) is 24.0 Å². The Balaban J connectivity index is 2.20. The van der Waals surface area contributed by atoms with Gasteiger partial charge in [-0.2, -0.15) is 0 Å². The summed E-state index contributed by atoms with van der Waals surface area (Å²) >= 11 is 3.38. The van der Waals surface area contributed by atoms with Crippen LogP contribution in [0.1, 0.15) is 18.0 Å². The van der Waals surface area contributed by atoms with Gasteiger partial charge in [0.05, 0.1) is 12.1 Å². The summed E-state index contributed by atoms with van der Waals surface area (Å²) in [4.78, 5) is 2.19. The predicted octanol–water partition coefficient (Wildman–Crippen LogP) is 2.31. The molecule has 1 fully saturated rings. The Morgan fingerprint density at radius 1 is 1.61 bits per heavy atom. The molecule has 0 aromatic heterocycles. The molecule has 0 bridgehead atoms. The third kappa shape index (κ3) is 2.91. The summed E-state index contributed by atoms with van der Waals surface area (Å²) in [5.41, 5.74) is 6.48. The quantitative estimate of drug-likeness (QED) is 0.926. The van der Waals surface area contributed by atoms with Crippen molar-refractivity contribution in [1.82, 2.24) is 4.90 Å². The normalized spacial score (nSPS) is 22.3. The lowest BCUT2D eigenvalue weighted by molar-refractivity contribution is 0.101. The maximum absolute atomic E-state index is 13.9. The second-order valence-corrected chi connectivity index (χ2v) is 5.47. The summed E-state index contributed by atoms with van der Waals surface area (Å²) in [5.74, 6) is -0.200. The highest BCUT2D eigenvalue weighted by atomic mass is 79.9. The van der Waals surface area contributed by atoms with E-state index in [2.05, 4.69) is 20.8 Å². The van der Waals surface area contributed by atoms with E-state index in [9.17, 15) is 4.39 Å². The zero-order valence-electron chi connectivity index (χ0n) is 10.4. The standard InChI is InChI=1S/C13H18BrFN2O/c1-18-10-4-5-17(8-10)13(7-16)11-6-9(14)2-3-12(11)15/h2-3,6,10,13H,4-5,7-8,16H2,1H3. The Hall–Kier alpha value is -0.490. The van der Waals surface area contributed by atoms with Crippen molar-refractivity contribution in [1.29, 1.82) is 0 Å². The maximum Gasteiger partial charge on any atom is 0.128 e. The summed E-state index contributed by atoms with van der Waals surface area (Å²) in [5, 5.41) is 0. The number of nitrogens with two attached hydrogens (primary N) is 1. The largest absolute Gasteiger partial charge is 0.380 e. The van der Waals surface area contributed by atoms with E-state index < -0.39 is 0 Å². The summed E-state index contributed by atoms with van der Waals surface area (Å²) in [6.07, 6.45) is 1.21. The van der Waals surface area contributed by atoms with Crippen molar-refractivity contribution in [2.45, 2.75) is 18.6 Å². The summed E-state index contributed by atoms with van der Waals surface area (Å²) in [7, 11) is 1.71. The number of hydrogen-bond donors (Lipinski definition) is 1. The first-order valence-electron chi connectivity index (χ1n) is 6.07. The highest BCUT2D eigenvalue weighted by Gasteiger charge is 2.29.